The molecule has 0 saturated heterocycles. The molecule has 74 valence electrons. The third-order valence-corrected chi connectivity index (χ3v) is 2.22. The molecular weight excluding hydrogens is 185 g/mol. The lowest BCUT2D eigenvalue weighted by atomic mass is 9.94. The SMILES string of the molecule is [B]c1cccc(-c2cnc(C(C)N)[nH]2)c1. The van der Waals surface area contributed by atoms with E-state index in [9.17, 15) is 0 Å². The van der Waals surface area contributed by atoms with Crippen LogP contribution in [0, 0.1) is 0 Å². The highest BCUT2D eigenvalue weighted by atomic mass is 14.9. The zero-order chi connectivity index (χ0) is 10.8. The lowest BCUT2D eigenvalue weighted by molar-refractivity contribution is 0.756. The van der Waals surface area contributed by atoms with E-state index in [2.05, 4.69) is 9.97 Å². The fraction of sp³-hybridized carbons (Fsp3) is 0.182. The Morgan fingerprint density at radius 3 is 2.87 bits per heavy atom. The number of H-pyrrole nitrogens is 1. The van der Waals surface area contributed by atoms with E-state index in [0.717, 1.165) is 22.5 Å². The van der Waals surface area contributed by atoms with Crippen molar-refractivity contribution in [1.82, 2.24) is 9.97 Å². The van der Waals surface area contributed by atoms with E-state index in [4.69, 9.17) is 13.6 Å². The molecule has 3 N–H and O–H groups in total. The van der Waals surface area contributed by atoms with Crippen molar-refractivity contribution in [2.45, 2.75) is 13.0 Å². The minimum Gasteiger partial charge on any atom is -0.341 e. The number of nitrogens with two attached hydrogens (primary N) is 1. The summed E-state index contributed by atoms with van der Waals surface area (Å²) in [6.45, 7) is 1.89. The van der Waals surface area contributed by atoms with Crippen LogP contribution in [0.15, 0.2) is 30.5 Å². The normalized spacial score (nSPS) is 12.7. The predicted molar refractivity (Wildman–Crippen MR) is 62.0 cm³/mol. The van der Waals surface area contributed by atoms with Crippen molar-refractivity contribution in [2.75, 3.05) is 0 Å². The third kappa shape index (κ3) is 2.10. The fourth-order valence-electron chi connectivity index (χ4n) is 1.42. The Kier molecular flexibility index (Phi) is 2.60. The minimum absolute atomic E-state index is 0.0835. The van der Waals surface area contributed by atoms with Crippen LogP contribution in [-0.2, 0) is 0 Å². The molecule has 0 bridgehead atoms. The Morgan fingerprint density at radius 2 is 2.27 bits per heavy atom. The lowest BCUT2D eigenvalue weighted by Gasteiger charge is -2.00. The van der Waals surface area contributed by atoms with Crippen molar-refractivity contribution in [3.63, 3.8) is 0 Å². The number of imidazole rings is 1. The van der Waals surface area contributed by atoms with Crippen molar-refractivity contribution < 1.29 is 0 Å². The lowest BCUT2D eigenvalue weighted by Crippen LogP contribution is -2.06. The summed E-state index contributed by atoms with van der Waals surface area (Å²) < 4.78 is 0. The summed E-state index contributed by atoms with van der Waals surface area (Å²) in [6.07, 6.45) is 1.77. The second kappa shape index (κ2) is 3.91. The van der Waals surface area contributed by atoms with Crippen LogP contribution >= 0.6 is 0 Å². The Bertz CT molecular complexity index is 462. The van der Waals surface area contributed by atoms with Gasteiger partial charge in [-0.1, -0.05) is 29.7 Å². The Labute approximate surface area is 90.1 Å². The zero-order valence-electron chi connectivity index (χ0n) is 8.57. The van der Waals surface area contributed by atoms with Gasteiger partial charge in [0.25, 0.3) is 0 Å². The number of benzene rings is 1. The van der Waals surface area contributed by atoms with Crippen LogP contribution in [0.3, 0.4) is 0 Å². The first-order valence-electron chi connectivity index (χ1n) is 4.83. The van der Waals surface area contributed by atoms with Crippen LogP contribution in [0.2, 0.25) is 0 Å². The smallest absolute Gasteiger partial charge is 0.123 e. The van der Waals surface area contributed by atoms with Crippen LogP contribution in [0.25, 0.3) is 11.3 Å². The molecule has 2 rings (SSSR count). The van der Waals surface area contributed by atoms with Gasteiger partial charge in [-0.3, -0.25) is 0 Å². The van der Waals surface area contributed by atoms with E-state index < -0.39 is 0 Å². The van der Waals surface area contributed by atoms with Crippen LogP contribution in [-0.4, -0.2) is 17.8 Å². The molecule has 15 heavy (non-hydrogen) atoms. The molecule has 0 fully saturated rings. The van der Waals surface area contributed by atoms with E-state index in [1.54, 1.807) is 6.20 Å². The largest absolute Gasteiger partial charge is 0.341 e. The van der Waals surface area contributed by atoms with E-state index in [1.807, 2.05) is 31.2 Å². The molecule has 0 spiro atoms. The van der Waals surface area contributed by atoms with Crippen molar-refractivity contribution in [1.29, 1.82) is 0 Å². The summed E-state index contributed by atoms with van der Waals surface area (Å²) in [7, 11) is 5.70. The molecule has 2 aromatic rings. The standard InChI is InChI=1S/C11H12BN3/c1-7(13)11-14-6-10(15-11)8-3-2-4-9(12)5-8/h2-7H,13H2,1H3,(H,14,15). The molecule has 1 aromatic carbocycles. The number of aromatic amines is 1. The monoisotopic (exact) mass is 197 g/mol. The molecule has 3 nitrogen and oxygen atoms in total. The Hall–Kier alpha value is -1.55. The van der Waals surface area contributed by atoms with Gasteiger partial charge in [-0.05, 0) is 12.5 Å². The van der Waals surface area contributed by atoms with E-state index >= 15 is 0 Å². The highest BCUT2D eigenvalue weighted by Crippen LogP contribution is 2.16. The highest BCUT2D eigenvalue weighted by molar-refractivity contribution is 6.32. The predicted octanol–water partition coefficient (Wildman–Crippen LogP) is 0.890. The van der Waals surface area contributed by atoms with E-state index in [0.29, 0.717) is 0 Å². The summed E-state index contributed by atoms with van der Waals surface area (Å²) in [4.78, 5) is 7.36. The van der Waals surface area contributed by atoms with Crippen molar-refractivity contribution in [2.24, 2.45) is 5.73 Å². The quantitative estimate of drug-likeness (QED) is 0.702. The molecule has 4 heteroatoms. The maximum Gasteiger partial charge on any atom is 0.123 e. The average molecular weight is 197 g/mol. The van der Waals surface area contributed by atoms with Gasteiger partial charge in [0.1, 0.15) is 13.7 Å². The molecular formula is C11H12BN3. The maximum absolute atomic E-state index is 5.72. The van der Waals surface area contributed by atoms with Crippen LogP contribution in [0.4, 0.5) is 0 Å². The zero-order valence-corrected chi connectivity index (χ0v) is 8.57. The summed E-state index contributed by atoms with van der Waals surface area (Å²) >= 11 is 0. The minimum atomic E-state index is -0.0835. The number of hydrogen-bond acceptors (Lipinski definition) is 2. The summed E-state index contributed by atoms with van der Waals surface area (Å²) in [5, 5.41) is 0. The molecule has 1 unspecified atom stereocenters. The molecule has 2 radical (unpaired) electrons. The van der Waals surface area contributed by atoms with Gasteiger partial charge in [0.05, 0.1) is 17.9 Å². The van der Waals surface area contributed by atoms with Gasteiger partial charge >= 0.3 is 0 Å². The number of aromatic nitrogens is 2. The van der Waals surface area contributed by atoms with E-state index in [1.165, 1.54) is 0 Å². The van der Waals surface area contributed by atoms with Crippen LogP contribution < -0.4 is 11.2 Å². The molecule has 0 aliphatic heterocycles. The Morgan fingerprint density at radius 1 is 1.47 bits per heavy atom. The van der Waals surface area contributed by atoms with E-state index in [-0.39, 0.29) is 6.04 Å². The van der Waals surface area contributed by atoms with Gasteiger partial charge in [0.2, 0.25) is 0 Å². The summed E-state index contributed by atoms with van der Waals surface area (Å²) in [6, 6.07) is 7.57. The van der Waals surface area contributed by atoms with Crippen LogP contribution in [0.5, 0.6) is 0 Å². The molecule has 0 aliphatic carbocycles. The van der Waals surface area contributed by atoms with Gasteiger partial charge in [0.15, 0.2) is 0 Å². The Balaban J connectivity index is 2.37. The van der Waals surface area contributed by atoms with Gasteiger partial charge in [-0.2, -0.15) is 0 Å². The number of rotatable bonds is 2. The summed E-state index contributed by atoms with van der Waals surface area (Å²) in [5.41, 5.74) is 8.42. The van der Waals surface area contributed by atoms with Gasteiger partial charge in [-0.15, -0.1) is 0 Å². The number of hydrogen-bond donors (Lipinski definition) is 2. The second-order valence-electron chi connectivity index (χ2n) is 3.60. The summed E-state index contributed by atoms with van der Waals surface area (Å²) in [5.74, 6) is 0.785. The average Bonchev–Trinajstić information content (AvgIpc) is 2.66. The molecule has 0 amide bonds. The maximum atomic E-state index is 5.72. The van der Waals surface area contributed by atoms with Gasteiger partial charge in [-0.25, -0.2) is 4.98 Å². The van der Waals surface area contributed by atoms with Crippen LogP contribution in [0.1, 0.15) is 18.8 Å². The molecule has 1 heterocycles. The molecule has 1 atom stereocenters. The van der Waals surface area contributed by atoms with Crippen molar-refractivity contribution in [3.05, 3.63) is 36.3 Å². The first-order chi connectivity index (χ1) is 7.16. The van der Waals surface area contributed by atoms with Crippen molar-refractivity contribution in [3.8, 4) is 11.3 Å². The highest BCUT2D eigenvalue weighted by Gasteiger charge is 2.05. The first kappa shape index (κ1) is 9.99. The number of nitrogens with zero attached hydrogens (tertiary/aromatic N) is 1. The topological polar surface area (TPSA) is 54.7 Å². The third-order valence-electron chi connectivity index (χ3n) is 2.22. The number of nitrogens with one attached hydrogen (secondary N) is 1. The molecule has 1 aromatic heterocycles. The van der Waals surface area contributed by atoms with Crippen molar-refractivity contribution >= 4 is 13.3 Å². The van der Waals surface area contributed by atoms with Gasteiger partial charge < -0.3 is 10.7 Å². The first-order valence-corrected chi connectivity index (χ1v) is 4.83. The second-order valence-corrected chi connectivity index (χ2v) is 3.60. The molecule has 0 aliphatic rings. The molecule has 0 saturated carbocycles. The van der Waals surface area contributed by atoms with Gasteiger partial charge in [0, 0.05) is 0 Å². The fourth-order valence-corrected chi connectivity index (χ4v) is 1.42.